The van der Waals surface area contributed by atoms with Crippen LogP contribution in [0, 0.1) is 6.92 Å². The number of aryl methyl sites for hydroxylation is 2. The number of carbonyl (C=O) groups excluding carboxylic acids is 2. The van der Waals surface area contributed by atoms with Gasteiger partial charge in [-0.3, -0.25) is 9.59 Å². The molecule has 0 atom stereocenters. The Morgan fingerprint density at radius 1 is 0.923 bits per heavy atom. The van der Waals surface area contributed by atoms with Crippen LogP contribution in [0.4, 0.5) is 0 Å². The standard InChI is InChI=1S/C21H33N3O2/c1-17-8-10-18(11-9-17)12-13-20(25)24-16-21(26)23-15-14-22-19-6-4-2-3-5-7-19/h8-11,19,22H,2-7,12-16H2,1H3,(H,23,26)(H,24,25). The predicted octanol–water partition coefficient (Wildman–Crippen LogP) is 2.47. The predicted molar refractivity (Wildman–Crippen MR) is 105 cm³/mol. The molecule has 0 saturated heterocycles. The fraction of sp³-hybridized carbons (Fsp3) is 0.619. The molecule has 3 N–H and O–H groups in total. The summed E-state index contributed by atoms with van der Waals surface area (Å²) in [7, 11) is 0. The van der Waals surface area contributed by atoms with Crippen LogP contribution in [0.25, 0.3) is 0 Å². The molecule has 0 heterocycles. The van der Waals surface area contributed by atoms with Crippen LogP contribution in [0.3, 0.4) is 0 Å². The summed E-state index contributed by atoms with van der Waals surface area (Å²) in [6.07, 6.45) is 8.88. The van der Waals surface area contributed by atoms with Crippen molar-refractivity contribution < 1.29 is 9.59 Å². The SMILES string of the molecule is Cc1ccc(CCC(=O)NCC(=O)NCCNC2CCCCCC2)cc1. The maximum atomic E-state index is 11.9. The fourth-order valence-electron chi connectivity index (χ4n) is 3.30. The summed E-state index contributed by atoms with van der Waals surface area (Å²) in [6, 6.07) is 8.76. The lowest BCUT2D eigenvalue weighted by Gasteiger charge is -2.16. The summed E-state index contributed by atoms with van der Waals surface area (Å²) in [4.78, 5) is 23.7. The van der Waals surface area contributed by atoms with Crippen molar-refractivity contribution in [1.82, 2.24) is 16.0 Å². The van der Waals surface area contributed by atoms with Crippen LogP contribution in [0.15, 0.2) is 24.3 Å². The molecule has 144 valence electrons. The van der Waals surface area contributed by atoms with Crippen molar-refractivity contribution in [1.29, 1.82) is 0 Å². The van der Waals surface area contributed by atoms with Crippen molar-refractivity contribution in [2.45, 2.75) is 64.3 Å². The van der Waals surface area contributed by atoms with E-state index in [9.17, 15) is 9.59 Å². The number of carbonyl (C=O) groups is 2. The minimum atomic E-state index is -0.128. The van der Waals surface area contributed by atoms with Gasteiger partial charge in [0.1, 0.15) is 0 Å². The first-order valence-corrected chi connectivity index (χ1v) is 9.96. The van der Waals surface area contributed by atoms with E-state index in [-0.39, 0.29) is 18.4 Å². The molecular weight excluding hydrogens is 326 g/mol. The zero-order chi connectivity index (χ0) is 18.6. The molecule has 5 heteroatoms. The van der Waals surface area contributed by atoms with Crippen molar-refractivity contribution in [2.75, 3.05) is 19.6 Å². The second-order valence-corrected chi connectivity index (χ2v) is 7.25. The average Bonchev–Trinajstić information content (AvgIpc) is 2.92. The molecule has 1 saturated carbocycles. The van der Waals surface area contributed by atoms with Crippen molar-refractivity contribution in [3.63, 3.8) is 0 Å². The molecule has 5 nitrogen and oxygen atoms in total. The molecule has 1 fully saturated rings. The third-order valence-corrected chi connectivity index (χ3v) is 4.94. The quantitative estimate of drug-likeness (QED) is 0.469. The van der Waals surface area contributed by atoms with E-state index in [2.05, 4.69) is 16.0 Å². The normalized spacial score (nSPS) is 15.3. The second-order valence-electron chi connectivity index (χ2n) is 7.25. The molecule has 2 amide bonds. The molecule has 1 aromatic rings. The second kappa shape index (κ2) is 11.7. The van der Waals surface area contributed by atoms with Crippen LogP contribution >= 0.6 is 0 Å². The van der Waals surface area contributed by atoms with Gasteiger partial charge in [0.05, 0.1) is 6.54 Å². The van der Waals surface area contributed by atoms with Crippen molar-refractivity contribution in [2.24, 2.45) is 0 Å². The molecule has 1 aromatic carbocycles. The maximum Gasteiger partial charge on any atom is 0.239 e. The minimum Gasteiger partial charge on any atom is -0.353 e. The summed E-state index contributed by atoms with van der Waals surface area (Å²) in [5.41, 5.74) is 2.35. The maximum absolute atomic E-state index is 11.9. The Labute approximate surface area is 157 Å². The smallest absolute Gasteiger partial charge is 0.239 e. The zero-order valence-electron chi connectivity index (χ0n) is 16.0. The third kappa shape index (κ3) is 8.48. The average molecular weight is 360 g/mol. The van der Waals surface area contributed by atoms with Crippen LogP contribution in [0.1, 0.15) is 56.1 Å². The Bertz CT molecular complexity index is 549. The summed E-state index contributed by atoms with van der Waals surface area (Å²) >= 11 is 0. The number of amides is 2. The van der Waals surface area contributed by atoms with E-state index < -0.39 is 0 Å². The number of nitrogens with one attached hydrogen (secondary N) is 3. The summed E-state index contributed by atoms with van der Waals surface area (Å²) < 4.78 is 0. The van der Waals surface area contributed by atoms with Gasteiger partial charge in [-0.25, -0.2) is 0 Å². The Morgan fingerprint density at radius 2 is 1.62 bits per heavy atom. The molecule has 0 radical (unpaired) electrons. The highest BCUT2D eigenvalue weighted by molar-refractivity contribution is 5.84. The van der Waals surface area contributed by atoms with Gasteiger partial charge in [0, 0.05) is 25.6 Å². The number of rotatable bonds is 9. The lowest BCUT2D eigenvalue weighted by atomic mass is 10.1. The first-order valence-electron chi connectivity index (χ1n) is 9.96. The Kier molecular flexibility index (Phi) is 9.18. The van der Waals surface area contributed by atoms with Gasteiger partial charge in [0.15, 0.2) is 0 Å². The van der Waals surface area contributed by atoms with Gasteiger partial charge in [0.2, 0.25) is 11.8 Å². The highest BCUT2D eigenvalue weighted by Crippen LogP contribution is 2.16. The van der Waals surface area contributed by atoms with Gasteiger partial charge in [-0.05, 0) is 31.7 Å². The van der Waals surface area contributed by atoms with Gasteiger partial charge in [-0.1, -0.05) is 55.5 Å². The Morgan fingerprint density at radius 3 is 2.31 bits per heavy atom. The molecule has 0 unspecified atom stereocenters. The van der Waals surface area contributed by atoms with Crippen LogP contribution in [-0.2, 0) is 16.0 Å². The van der Waals surface area contributed by atoms with Crippen molar-refractivity contribution in [3.05, 3.63) is 35.4 Å². The molecule has 2 rings (SSSR count). The summed E-state index contributed by atoms with van der Waals surface area (Å²) in [5.74, 6) is -0.214. The molecular formula is C21H33N3O2. The molecule has 0 aliphatic heterocycles. The monoisotopic (exact) mass is 359 g/mol. The largest absolute Gasteiger partial charge is 0.353 e. The van der Waals surface area contributed by atoms with Crippen LogP contribution in [0.2, 0.25) is 0 Å². The van der Waals surface area contributed by atoms with Crippen molar-refractivity contribution in [3.8, 4) is 0 Å². The third-order valence-electron chi connectivity index (χ3n) is 4.94. The summed E-state index contributed by atoms with van der Waals surface area (Å²) in [6.45, 7) is 3.49. The lowest BCUT2D eigenvalue weighted by molar-refractivity contribution is -0.126. The molecule has 0 aromatic heterocycles. The number of hydrogen-bond donors (Lipinski definition) is 3. The van der Waals surface area contributed by atoms with Gasteiger partial charge in [0.25, 0.3) is 0 Å². The lowest BCUT2D eigenvalue weighted by Crippen LogP contribution is -2.41. The van der Waals surface area contributed by atoms with Gasteiger partial charge in [-0.2, -0.15) is 0 Å². The van der Waals surface area contributed by atoms with Gasteiger partial charge < -0.3 is 16.0 Å². The minimum absolute atomic E-state index is 0.0517. The zero-order valence-corrected chi connectivity index (χ0v) is 16.0. The highest BCUT2D eigenvalue weighted by Gasteiger charge is 2.11. The highest BCUT2D eigenvalue weighted by atomic mass is 16.2. The van der Waals surface area contributed by atoms with Crippen LogP contribution < -0.4 is 16.0 Å². The molecule has 0 bridgehead atoms. The van der Waals surface area contributed by atoms with E-state index >= 15 is 0 Å². The first-order chi connectivity index (χ1) is 12.6. The topological polar surface area (TPSA) is 70.2 Å². The van der Waals surface area contributed by atoms with Crippen LogP contribution in [-0.4, -0.2) is 37.5 Å². The van der Waals surface area contributed by atoms with Gasteiger partial charge >= 0.3 is 0 Å². The van der Waals surface area contributed by atoms with E-state index in [4.69, 9.17) is 0 Å². The van der Waals surface area contributed by atoms with Crippen LogP contribution in [0.5, 0.6) is 0 Å². The van der Waals surface area contributed by atoms with E-state index in [1.54, 1.807) is 0 Å². The van der Waals surface area contributed by atoms with E-state index in [1.165, 1.54) is 44.1 Å². The molecule has 1 aliphatic carbocycles. The Balaban J connectivity index is 1.50. The number of hydrogen-bond acceptors (Lipinski definition) is 3. The first kappa shape index (κ1) is 20.4. The van der Waals surface area contributed by atoms with Gasteiger partial charge in [-0.15, -0.1) is 0 Å². The molecule has 1 aliphatic rings. The van der Waals surface area contributed by atoms with E-state index in [0.29, 0.717) is 25.4 Å². The number of benzene rings is 1. The van der Waals surface area contributed by atoms with E-state index in [0.717, 1.165) is 12.1 Å². The Hall–Kier alpha value is -1.88. The van der Waals surface area contributed by atoms with Crippen molar-refractivity contribution >= 4 is 11.8 Å². The van der Waals surface area contributed by atoms with E-state index in [1.807, 2.05) is 31.2 Å². The molecule has 0 spiro atoms. The summed E-state index contributed by atoms with van der Waals surface area (Å²) in [5, 5.41) is 9.07. The fourth-order valence-corrected chi connectivity index (χ4v) is 3.30. The molecule has 26 heavy (non-hydrogen) atoms.